The average Bonchev–Trinajstić information content (AvgIpc) is 3.66. The topological polar surface area (TPSA) is 176 Å². The molecule has 47 heavy (non-hydrogen) atoms. The van der Waals surface area contributed by atoms with E-state index in [1.807, 2.05) is 36.4 Å². The monoisotopic (exact) mass is 644 g/mol. The summed E-state index contributed by atoms with van der Waals surface area (Å²) in [5, 5.41) is 30.5. The average molecular weight is 645 g/mol. The molecule has 2 aliphatic rings. The summed E-state index contributed by atoms with van der Waals surface area (Å²) >= 11 is 0. The second-order valence-corrected chi connectivity index (χ2v) is 11.5. The minimum absolute atomic E-state index is 0.0525. The van der Waals surface area contributed by atoms with Gasteiger partial charge in [-0.1, -0.05) is 60.7 Å². The molecule has 0 saturated carbocycles. The van der Waals surface area contributed by atoms with Gasteiger partial charge in [0.25, 0.3) is 11.8 Å². The normalized spacial score (nSPS) is 21.6. The van der Waals surface area contributed by atoms with E-state index in [2.05, 4.69) is 60.1 Å². The van der Waals surface area contributed by atoms with Gasteiger partial charge in [0.1, 0.15) is 12.2 Å². The molecular weight excluding hydrogens is 604 g/mol. The fourth-order valence-corrected chi connectivity index (χ4v) is 5.94. The van der Waals surface area contributed by atoms with E-state index in [1.165, 1.54) is 10.9 Å². The lowest BCUT2D eigenvalue weighted by molar-refractivity contribution is -0.137. The number of likely N-dealkylation sites (N-methyl/N-ethyl adjacent to an activating group) is 1. The summed E-state index contributed by atoms with van der Waals surface area (Å²) in [5.41, 5.74) is 2.72. The molecule has 2 fully saturated rings. The number of aliphatic hydroxyl groups is 2. The predicted octanol–water partition coefficient (Wildman–Crippen LogP) is 0.888. The van der Waals surface area contributed by atoms with Crippen LogP contribution in [0.1, 0.15) is 40.8 Å². The van der Waals surface area contributed by atoms with Gasteiger partial charge in [-0.15, -0.1) is 0 Å². The molecule has 0 aliphatic carbocycles. The van der Waals surface area contributed by atoms with E-state index >= 15 is 0 Å². The highest BCUT2D eigenvalue weighted by Crippen LogP contribution is 2.33. The van der Waals surface area contributed by atoms with Crippen molar-refractivity contribution in [3.63, 3.8) is 0 Å². The number of nitrogens with one attached hydrogen (secondary N) is 3. The molecule has 4 heterocycles. The number of hydrogen-bond donors (Lipinski definition) is 5. The van der Waals surface area contributed by atoms with E-state index < -0.39 is 36.4 Å². The van der Waals surface area contributed by atoms with Crippen LogP contribution < -0.4 is 16.0 Å². The van der Waals surface area contributed by atoms with Crippen molar-refractivity contribution >= 4 is 28.8 Å². The zero-order chi connectivity index (χ0) is 32.8. The van der Waals surface area contributed by atoms with Gasteiger partial charge in [-0.3, -0.25) is 19.1 Å². The summed E-state index contributed by atoms with van der Waals surface area (Å²) in [6.45, 7) is 6.44. The molecule has 2 aromatic heterocycles. The highest BCUT2D eigenvalue weighted by molar-refractivity contribution is 5.94. The van der Waals surface area contributed by atoms with E-state index in [0.29, 0.717) is 50.7 Å². The third-order valence-corrected chi connectivity index (χ3v) is 8.44. The Kier molecular flexibility index (Phi) is 10.3. The number of carbonyl (C=O) groups excluding carboxylic acids is 2. The highest BCUT2D eigenvalue weighted by Gasteiger charge is 2.47. The van der Waals surface area contributed by atoms with Crippen LogP contribution in [0.2, 0.25) is 0 Å². The minimum atomic E-state index is -1.48. The highest BCUT2D eigenvalue weighted by atomic mass is 16.6. The molecule has 0 unspecified atom stereocenters. The molecule has 4 aromatic rings. The fraction of sp³-hybridized carbons (Fsp3) is 0.424. The fourth-order valence-electron chi connectivity index (χ4n) is 5.94. The van der Waals surface area contributed by atoms with Crippen LogP contribution in [0.15, 0.2) is 67.0 Å². The van der Waals surface area contributed by atoms with Crippen molar-refractivity contribution in [1.29, 1.82) is 0 Å². The molecule has 6 rings (SSSR count). The minimum Gasteiger partial charge on any atom is -0.387 e. The lowest BCUT2D eigenvalue weighted by Crippen LogP contribution is -2.42. The van der Waals surface area contributed by atoms with Crippen LogP contribution >= 0.6 is 0 Å². The zero-order valence-electron chi connectivity index (χ0n) is 26.2. The number of imidazole rings is 1. The van der Waals surface area contributed by atoms with Crippen molar-refractivity contribution in [1.82, 2.24) is 35.1 Å². The van der Waals surface area contributed by atoms with E-state index in [4.69, 9.17) is 9.47 Å². The van der Waals surface area contributed by atoms with Crippen LogP contribution in [-0.4, -0.2) is 117 Å². The molecule has 14 nitrogen and oxygen atoms in total. The zero-order valence-corrected chi connectivity index (χ0v) is 26.2. The number of aromatic nitrogens is 4. The molecule has 2 amide bonds. The number of ether oxygens (including phenoxy) is 2. The molecule has 14 heteroatoms. The number of amides is 2. The van der Waals surface area contributed by atoms with Gasteiger partial charge in [0, 0.05) is 45.2 Å². The number of fused-ring (bicyclic) bond motifs is 1. The molecular formula is C33H40N8O6. The Balaban J connectivity index is 1.31. The molecule has 2 aromatic carbocycles. The first-order valence-corrected chi connectivity index (χ1v) is 15.9. The molecule has 0 bridgehead atoms. The Morgan fingerprint density at radius 3 is 2.30 bits per heavy atom. The first-order valence-electron chi connectivity index (χ1n) is 15.9. The largest absolute Gasteiger partial charge is 0.387 e. The summed E-state index contributed by atoms with van der Waals surface area (Å²) in [4.78, 5) is 41.9. The lowest BCUT2D eigenvalue weighted by Gasteiger charge is -2.26. The molecule has 2 aliphatic heterocycles. The molecule has 0 radical (unpaired) electrons. The number of aliphatic hydroxyl groups excluding tert-OH is 2. The quantitative estimate of drug-likeness (QED) is 0.148. The summed E-state index contributed by atoms with van der Waals surface area (Å²) in [7, 11) is 0. The van der Waals surface area contributed by atoms with E-state index in [1.54, 1.807) is 6.92 Å². The van der Waals surface area contributed by atoms with E-state index in [-0.39, 0.29) is 17.4 Å². The predicted molar refractivity (Wildman–Crippen MR) is 173 cm³/mol. The van der Waals surface area contributed by atoms with Gasteiger partial charge >= 0.3 is 0 Å². The van der Waals surface area contributed by atoms with E-state index in [0.717, 1.165) is 24.2 Å². The Labute approximate surface area is 272 Å². The summed E-state index contributed by atoms with van der Waals surface area (Å²) in [6, 6.07) is 20.1. The number of hydrogen-bond acceptors (Lipinski definition) is 11. The number of nitrogens with zero attached hydrogens (tertiary/aromatic N) is 5. The molecule has 2 saturated heterocycles. The summed E-state index contributed by atoms with van der Waals surface area (Å²) in [5.74, 6) is -0.864. The number of carbonyl (C=O) groups is 2. The molecule has 5 N–H and O–H groups in total. The van der Waals surface area contributed by atoms with Gasteiger partial charge in [0.15, 0.2) is 29.3 Å². The Bertz CT molecular complexity index is 1610. The van der Waals surface area contributed by atoms with Gasteiger partial charge in [0.05, 0.1) is 19.5 Å². The number of rotatable bonds is 12. The third-order valence-electron chi connectivity index (χ3n) is 8.44. The van der Waals surface area contributed by atoms with Crippen molar-refractivity contribution < 1.29 is 29.3 Å². The van der Waals surface area contributed by atoms with Crippen molar-refractivity contribution in [3.8, 4) is 0 Å². The maximum absolute atomic E-state index is 13.4. The van der Waals surface area contributed by atoms with Crippen molar-refractivity contribution in [2.75, 3.05) is 57.8 Å². The Hall–Kier alpha value is -4.47. The first kappa shape index (κ1) is 32.5. The van der Waals surface area contributed by atoms with Crippen molar-refractivity contribution in [3.05, 3.63) is 83.9 Å². The van der Waals surface area contributed by atoms with Gasteiger partial charge in [-0.05, 0) is 18.1 Å². The number of anilines is 1. The maximum Gasteiger partial charge on any atom is 0.289 e. The summed E-state index contributed by atoms with van der Waals surface area (Å²) in [6.07, 6.45) is -4.03. The van der Waals surface area contributed by atoms with Crippen LogP contribution in [0, 0.1) is 0 Å². The van der Waals surface area contributed by atoms with Crippen LogP contribution in [0.4, 0.5) is 5.82 Å². The Morgan fingerprint density at radius 1 is 0.957 bits per heavy atom. The second kappa shape index (κ2) is 15.0. The van der Waals surface area contributed by atoms with Gasteiger partial charge < -0.3 is 35.6 Å². The molecule has 248 valence electrons. The smallest absolute Gasteiger partial charge is 0.289 e. The van der Waals surface area contributed by atoms with Gasteiger partial charge in [0.2, 0.25) is 5.82 Å². The standard InChI is InChI=1S/C33H40N8O6/c1-2-34-31(44)27-25(42)26(43)33(47-27)41-20-37-24-28(36-19-23(21-9-5-3-6-10-21)22-11-7-4-8-12-22)38-29(39-30(24)41)32(45)35-13-14-40-15-17-46-18-16-40/h3-12,20,23,25-27,33,42-43H,2,13-19H2,1H3,(H,34,44)(H,35,45)(H,36,38,39)/t25-,26-,27-,33+/m0/s1. The van der Waals surface area contributed by atoms with Crippen molar-refractivity contribution in [2.24, 2.45) is 0 Å². The maximum atomic E-state index is 13.4. The van der Waals surface area contributed by atoms with Crippen LogP contribution in [0.25, 0.3) is 11.2 Å². The third kappa shape index (κ3) is 7.26. The number of benzene rings is 2. The lowest BCUT2D eigenvalue weighted by atomic mass is 9.91. The van der Waals surface area contributed by atoms with Crippen LogP contribution in [-0.2, 0) is 14.3 Å². The van der Waals surface area contributed by atoms with E-state index in [9.17, 15) is 19.8 Å². The summed E-state index contributed by atoms with van der Waals surface area (Å²) < 4.78 is 12.7. The Morgan fingerprint density at radius 2 is 1.64 bits per heavy atom. The van der Waals surface area contributed by atoms with Crippen molar-refractivity contribution in [2.45, 2.75) is 37.4 Å². The molecule has 4 atom stereocenters. The SMILES string of the molecule is CCNC(=O)[C@H]1O[C@@H](n2cnc3c(NCC(c4ccccc4)c4ccccc4)nc(C(=O)NCCN4CCOCC4)nc32)[C@@H](O)[C@@H]1O. The number of morpholine rings is 1. The van der Waals surface area contributed by atoms with Gasteiger partial charge in [-0.25, -0.2) is 15.0 Å². The first-order chi connectivity index (χ1) is 22.9. The van der Waals surface area contributed by atoms with Gasteiger partial charge in [-0.2, -0.15) is 0 Å². The molecule has 0 spiro atoms. The van der Waals surface area contributed by atoms with Crippen LogP contribution in [0.5, 0.6) is 0 Å². The second-order valence-electron chi connectivity index (χ2n) is 11.5. The van der Waals surface area contributed by atoms with Crippen LogP contribution in [0.3, 0.4) is 0 Å².